The van der Waals surface area contributed by atoms with E-state index in [4.69, 9.17) is 23.2 Å². The zero-order chi connectivity index (χ0) is 15.0. The molecule has 0 atom stereocenters. The average Bonchev–Trinajstić information content (AvgIpc) is 2.78. The lowest BCUT2D eigenvalue weighted by Crippen LogP contribution is -2.03. The lowest BCUT2D eigenvalue weighted by Gasteiger charge is -2.11. The molecule has 0 fully saturated rings. The molecule has 2 aromatic rings. The predicted octanol–water partition coefficient (Wildman–Crippen LogP) is 3.81. The third-order valence-electron chi connectivity index (χ3n) is 3.33. The van der Waals surface area contributed by atoms with Gasteiger partial charge in [-0.05, 0) is 35.9 Å². The number of hydrogen-bond donors (Lipinski definition) is 3. The number of amides is 1. The Morgan fingerprint density at radius 1 is 1.24 bits per heavy atom. The van der Waals surface area contributed by atoms with Crippen molar-refractivity contribution in [2.45, 2.75) is 13.0 Å². The van der Waals surface area contributed by atoms with Crippen LogP contribution in [-0.4, -0.2) is 11.0 Å². The molecule has 1 heterocycles. The molecule has 0 saturated heterocycles. The van der Waals surface area contributed by atoms with Gasteiger partial charge in [0.15, 0.2) is 0 Å². The van der Waals surface area contributed by atoms with E-state index < -0.39 is 0 Å². The Labute approximate surface area is 131 Å². The molecule has 0 aliphatic carbocycles. The number of aromatic hydroxyl groups is 1. The molecule has 3 N–H and O–H groups in total. The molecule has 2 aromatic carbocycles. The van der Waals surface area contributed by atoms with Gasteiger partial charge in [-0.2, -0.15) is 0 Å². The first-order valence-corrected chi connectivity index (χ1v) is 7.12. The minimum atomic E-state index is -0.0364. The average molecular weight is 323 g/mol. The predicted molar refractivity (Wildman–Crippen MR) is 84.2 cm³/mol. The Kier molecular flexibility index (Phi) is 3.66. The van der Waals surface area contributed by atoms with Crippen molar-refractivity contribution >= 4 is 40.5 Å². The summed E-state index contributed by atoms with van der Waals surface area (Å²) in [5.41, 5.74) is 3.04. The molecule has 0 spiro atoms. The van der Waals surface area contributed by atoms with Gasteiger partial charge in [-0.3, -0.25) is 4.79 Å². The smallest absolute Gasteiger partial charge is 0.228 e. The summed E-state index contributed by atoms with van der Waals surface area (Å²) >= 11 is 12.1. The Morgan fingerprint density at radius 3 is 2.86 bits per heavy atom. The normalized spacial score (nSPS) is 13.0. The third-order valence-corrected chi connectivity index (χ3v) is 3.88. The Balaban J connectivity index is 1.81. The van der Waals surface area contributed by atoms with Crippen LogP contribution in [-0.2, 0) is 17.8 Å². The van der Waals surface area contributed by atoms with Gasteiger partial charge in [0, 0.05) is 22.8 Å². The van der Waals surface area contributed by atoms with Crippen LogP contribution in [0.2, 0.25) is 10.0 Å². The highest BCUT2D eigenvalue weighted by molar-refractivity contribution is 6.33. The molecule has 1 aliphatic rings. The van der Waals surface area contributed by atoms with E-state index >= 15 is 0 Å². The SMILES string of the molecule is O=C1Cc2cc(NCc3cc(Cl)ccc3O)c(Cl)cc2N1. The van der Waals surface area contributed by atoms with Crippen molar-refractivity contribution in [1.82, 2.24) is 0 Å². The first-order chi connectivity index (χ1) is 10.0. The Morgan fingerprint density at radius 2 is 2.05 bits per heavy atom. The number of hydrogen-bond acceptors (Lipinski definition) is 3. The number of halogens is 2. The summed E-state index contributed by atoms with van der Waals surface area (Å²) in [6.45, 7) is 0.381. The van der Waals surface area contributed by atoms with Crippen LogP contribution in [0.25, 0.3) is 0 Å². The molecule has 4 nitrogen and oxygen atoms in total. The summed E-state index contributed by atoms with van der Waals surface area (Å²) in [6, 6.07) is 8.43. The topological polar surface area (TPSA) is 61.4 Å². The molecule has 6 heteroatoms. The maximum absolute atomic E-state index is 11.4. The van der Waals surface area contributed by atoms with E-state index in [-0.39, 0.29) is 11.7 Å². The van der Waals surface area contributed by atoms with Gasteiger partial charge >= 0.3 is 0 Å². The molecule has 0 aromatic heterocycles. The zero-order valence-electron chi connectivity index (χ0n) is 10.9. The maximum atomic E-state index is 11.4. The number of nitrogens with one attached hydrogen (secondary N) is 2. The molecule has 0 radical (unpaired) electrons. The van der Waals surface area contributed by atoms with E-state index in [1.807, 2.05) is 6.07 Å². The highest BCUT2D eigenvalue weighted by Crippen LogP contribution is 2.33. The largest absolute Gasteiger partial charge is 0.508 e. The monoisotopic (exact) mass is 322 g/mol. The lowest BCUT2D eigenvalue weighted by molar-refractivity contribution is -0.115. The first kappa shape index (κ1) is 14.0. The number of benzene rings is 2. The van der Waals surface area contributed by atoms with Gasteiger partial charge in [0.1, 0.15) is 5.75 Å². The van der Waals surface area contributed by atoms with Gasteiger partial charge in [-0.15, -0.1) is 0 Å². The van der Waals surface area contributed by atoms with Crippen molar-refractivity contribution < 1.29 is 9.90 Å². The lowest BCUT2D eigenvalue weighted by atomic mass is 10.1. The fraction of sp³-hybridized carbons (Fsp3) is 0.133. The second kappa shape index (κ2) is 5.47. The van der Waals surface area contributed by atoms with Gasteiger partial charge in [0.25, 0.3) is 0 Å². The van der Waals surface area contributed by atoms with Crippen molar-refractivity contribution in [2.24, 2.45) is 0 Å². The number of fused-ring (bicyclic) bond motifs is 1. The number of phenolic OH excluding ortho intramolecular Hbond substituents is 1. The molecule has 1 amide bonds. The van der Waals surface area contributed by atoms with Crippen LogP contribution in [0.15, 0.2) is 30.3 Å². The van der Waals surface area contributed by atoms with E-state index in [1.54, 1.807) is 24.3 Å². The van der Waals surface area contributed by atoms with Gasteiger partial charge in [-0.25, -0.2) is 0 Å². The number of carbonyl (C=O) groups excluding carboxylic acids is 1. The number of phenols is 1. The van der Waals surface area contributed by atoms with Crippen molar-refractivity contribution in [2.75, 3.05) is 10.6 Å². The van der Waals surface area contributed by atoms with E-state index in [2.05, 4.69) is 10.6 Å². The van der Waals surface area contributed by atoms with Gasteiger partial charge < -0.3 is 15.7 Å². The molecule has 0 unspecified atom stereocenters. The molecule has 21 heavy (non-hydrogen) atoms. The quantitative estimate of drug-likeness (QED) is 0.805. The summed E-state index contributed by atoms with van der Waals surface area (Å²) in [4.78, 5) is 11.4. The second-order valence-electron chi connectivity index (χ2n) is 4.84. The van der Waals surface area contributed by atoms with Gasteiger partial charge in [-0.1, -0.05) is 23.2 Å². The molecular weight excluding hydrogens is 311 g/mol. The number of rotatable bonds is 3. The second-order valence-corrected chi connectivity index (χ2v) is 5.68. The van der Waals surface area contributed by atoms with Crippen LogP contribution >= 0.6 is 23.2 Å². The van der Waals surface area contributed by atoms with Crippen molar-refractivity contribution in [3.05, 3.63) is 51.5 Å². The Hall–Kier alpha value is -1.91. The molecule has 1 aliphatic heterocycles. The van der Waals surface area contributed by atoms with E-state index in [0.29, 0.717) is 34.3 Å². The third kappa shape index (κ3) is 2.91. The van der Waals surface area contributed by atoms with Crippen molar-refractivity contribution in [3.8, 4) is 5.75 Å². The highest BCUT2D eigenvalue weighted by atomic mass is 35.5. The van der Waals surface area contributed by atoms with Gasteiger partial charge in [0.05, 0.1) is 17.1 Å². The van der Waals surface area contributed by atoms with Gasteiger partial charge in [0.2, 0.25) is 5.91 Å². The summed E-state index contributed by atoms with van der Waals surface area (Å²) in [6.07, 6.45) is 0.351. The van der Waals surface area contributed by atoms with Crippen molar-refractivity contribution in [1.29, 1.82) is 0 Å². The fourth-order valence-electron chi connectivity index (χ4n) is 2.27. The number of anilines is 2. The highest BCUT2D eigenvalue weighted by Gasteiger charge is 2.19. The summed E-state index contributed by atoms with van der Waals surface area (Å²) in [5.74, 6) is 0.131. The summed E-state index contributed by atoms with van der Waals surface area (Å²) < 4.78 is 0. The van der Waals surface area contributed by atoms with Crippen LogP contribution in [0.5, 0.6) is 5.75 Å². The standard InChI is InChI=1S/C15H12Cl2N2O2/c16-10-1-2-14(20)9(3-10)7-18-13-4-8-5-15(21)19-12(8)6-11(13)17/h1-4,6,18,20H,5,7H2,(H,19,21). The van der Waals surface area contributed by atoms with Crippen molar-refractivity contribution in [3.63, 3.8) is 0 Å². The summed E-state index contributed by atoms with van der Waals surface area (Å²) in [7, 11) is 0. The van der Waals surface area contributed by atoms with Crippen LogP contribution in [0.3, 0.4) is 0 Å². The van der Waals surface area contributed by atoms with Crippen LogP contribution in [0, 0.1) is 0 Å². The molecule has 3 rings (SSSR count). The van der Waals surface area contributed by atoms with E-state index in [0.717, 1.165) is 11.3 Å². The minimum Gasteiger partial charge on any atom is -0.508 e. The molecule has 108 valence electrons. The molecule has 0 saturated carbocycles. The Bertz CT molecular complexity index is 732. The van der Waals surface area contributed by atoms with E-state index in [1.165, 1.54) is 0 Å². The van der Waals surface area contributed by atoms with Crippen LogP contribution in [0.4, 0.5) is 11.4 Å². The summed E-state index contributed by atoms with van der Waals surface area (Å²) in [5, 5.41) is 16.8. The molecule has 0 bridgehead atoms. The molecular formula is C15H12Cl2N2O2. The maximum Gasteiger partial charge on any atom is 0.228 e. The number of carbonyl (C=O) groups is 1. The van der Waals surface area contributed by atoms with Crippen LogP contribution < -0.4 is 10.6 Å². The zero-order valence-corrected chi connectivity index (χ0v) is 12.4. The fourth-order valence-corrected chi connectivity index (χ4v) is 2.69. The van der Waals surface area contributed by atoms with Crippen LogP contribution in [0.1, 0.15) is 11.1 Å². The first-order valence-electron chi connectivity index (χ1n) is 6.36. The minimum absolute atomic E-state index is 0.0364. The van der Waals surface area contributed by atoms with E-state index in [9.17, 15) is 9.90 Å².